The minimum absolute atomic E-state index is 0.0283. The molecular formula is C25H34N4O4S. The van der Waals surface area contributed by atoms with Gasteiger partial charge in [0.2, 0.25) is 15.9 Å². The Balaban J connectivity index is 1.25. The molecule has 1 aromatic heterocycles. The Morgan fingerprint density at radius 1 is 1.18 bits per heavy atom. The van der Waals surface area contributed by atoms with Crippen LogP contribution < -0.4 is 10.0 Å². The summed E-state index contributed by atoms with van der Waals surface area (Å²) in [6.45, 7) is 0.484. The van der Waals surface area contributed by atoms with Crippen molar-refractivity contribution >= 4 is 15.9 Å². The molecule has 3 saturated carbocycles. The fourth-order valence-electron chi connectivity index (χ4n) is 6.58. The van der Waals surface area contributed by atoms with E-state index in [2.05, 4.69) is 37.8 Å². The van der Waals surface area contributed by atoms with Crippen LogP contribution in [0.5, 0.6) is 0 Å². The monoisotopic (exact) mass is 486 g/mol. The molecule has 3 aliphatic carbocycles. The first-order chi connectivity index (χ1) is 16.2. The number of imidazole rings is 1. The van der Waals surface area contributed by atoms with E-state index in [0.29, 0.717) is 6.42 Å². The van der Waals surface area contributed by atoms with E-state index in [1.54, 1.807) is 0 Å². The maximum absolute atomic E-state index is 13.1. The number of fused-ring (bicyclic) bond motifs is 7. The van der Waals surface area contributed by atoms with Gasteiger partial charge in [0, 0.05) is 24.1 Å². The molecule has 1 amide bonds. The third-order valence-electron chi connectivity index (χ3n) is 8.54. The molecule has 184 valence electrons. The van der Waals surface area contributed by atoms with Gasteiger partial charge in [-0.15, -0.1) is 0 Å². The minimum Gasteiger partial charge on any atom is -0.392 e. The normalized spacial score (nSPS) is 28.7. The molecule has 3 N–H and O–H groups in total. The number of rotatable bonds is 8. The van der Waals surface area contributed by atoms with E-state index in [1.807, 2.05) is 18.6 Å². The highest BCUT2D eigenvalue weighted by Gasteiger charge is 2.52. The number of hydrogen-bond acceptors (Lipinski definition) is 5. The van der Waals surface area contributed by atoms with Gasteiger partial charge in [-0.05, 0) is 55.9 Å². The zero-order valence-corrected chi connectivity index (χ0v) is 20.5. The number of nitrogens with one attached hydrogen (secondary N) is 2. The number of aromatic nitrogens is 2. The summed E-state index contributed by atoms with van der Waals surface area (Å²) >= 11 is 0. The van der Waals surface area contributed by atoms with Crippen molar-refractivity contribution in [3.63, 3.8) is 0 Å². The second kappa shape index (κ2) is 8.77. The second-order valence-electron chi connectivity index (χ2n) is 10.5. The highest BCUT2D eigenvalue weighted by Crippen LogP contribution is 2.57. The lowest BCUT2D eigenvalue weighted by molar-refractivity contribution is -0.135. The number of aliphatic hydroxyl groups excluding tert-OH is 1. The molecule has 2 aromatic rings. The molecule has 9 heteroatoms. The van der Waals surface area contributed by atoms with Crippen molar-refractivity contribution in [2.45, 2.75) is 63.5 Å². The predicted molar refractivity (Wildman–Crippen MR) is 129 cm³/mol. The fraction of sp³-hybridized carbons (Fsp3) is 0.600. The first-order valence-corrected chi connectivity index (χ1v) is 14.1. The number of carbonyl (C=O) groups is 1. The number of amides is 1. The van der Waals surface area contributed by atoms with Crippen LogP contribution in [-0.4, -0.2) is 54.4 Å². The van der Waals surface area contributed by atoms with Gasteiger partial charge in [0.1, 0.15) is 0 Å². The van der Waals surface area contributed by atoms with Gasteiger partial charge in [-0.3, -0.25) is 4.79 Å². The van der Waals surface area contributed by atoms with Crippen LogP contribution in [0.1, 0.15) is 63.0 Å². The molecule has 8 nitrogen and oxygen atoms in total. The van der Waals surface area contributed by atoms with Gasteiger partial charge in [-0.2, -0.15) is 0 Å². The summed E-state index contributed by atoms with van der Waals surface area (Å²) < 4.78 is 27.1. The number of hydrogen-bond donors (Lipinski definition) is 3. The van der Waals surface area contributed by atoms with Crippen LogP contribution in [-0.2, 0) is 14.8 Å². The van der Waals surface area contributed by atoms with Gasteiger partial charge >= 0.3 is 0 Å². The van der Waals surface area contributed by atoms with Crippen LogP contribution in [0.3, 0.4) is 0 Å². The molecule has 2 bridgehead atoms. The number of nitrogens with zero attached hydrogens (tertiary/aromatic N) is 2. The van der Waals surface area contributed by atoms with Crippen LogP contribution in [0.15, 0.2) is 36.8 Å². The van der Waals surface area contributed by atoms with E-state index in [0.717, 1.165) is 56.9 Å². The van der Waals surface area contributed by atoms with Crippen LogP contribution in [0.25, 0.3) is 11.3 Å². The molecular weight excluding hydrogens is 452 g/mol. The predicted octanol–water partition coefficient (Wildman–Crippen LogP) is 2.60. The molecule has 4 aliphatic rings. The molecule has 2 heterocycles. The second-order valence-corrected chi connectivity index (χ2v) is 12.3. The molecule has 34 heavy (non-hydrogen) atoms. The van der Waals surface area contributed by atoms with Crippen molar-refractivity contribution in [1.82, 2.24) is 19.6 Å². The minimum atomic E-state index is -3.26. The Bertz CT molecular complexity index is 1170. The average molecular weight is 487 g/mol. The average Bonchev–Trinajstić information content (AvgIpc) is 3.26. The van der Waals surface area contributed by atoms with Gasteiger partial charge in [-0.1, -0.05) is 30.7 Å². The third-order valence-corrected chi connectivity index (χ3v) is 9.27. The standard InChI is InChI=1S/C25H34N4O4S/c1-34(32,33)28-14-13-27-23(31)25-8-4-7-24(9-11-25,10-12-25)22(30)15-20-18-5-2-3-6-19(18)21-16-26-17-29(20)21/h2-3,5-6,16-17,20,22,28,30H,4,7-15H2,1H3,(H,27,31). The summed E-state index contributed by atoms with van der Waals surface area (Å²) in [5.41, 5.74) is 2.99. The Hall–Kier alpha value is -2.23. The molecule has 2 atom stereocenters. The van der Waals surface area contributed by atoms with Crippen molar-refractivity contribution in [3.05, 3.63) is 42.4 Å². The van der Waals surface area contributed by atoms with E-state index >= 15 is 0 Å². The van der Waals surface area contributed by atoms with Crippen molar-refractivity contribution in [2.24, 2.45) is 10.8 Å². The third kappa shape index (κ3) is 4.18. The molecule has 6 rings (SSSR count). The van der Waals surface area contributed by atoms with E-state index < -0.39 is 21.5 Å². The number of aliphatic hydroxyl groups is 1. The summed E-state index contributed by atoms with van der Waals surface area (Å²) in [5.74, 6) is 0.0283. The zero-order chi connectivity index (χ0) is 24.0. The Labute approximate surface area is 201 Å². The maximum Gasteiger partial charge on any atom is 0.226 e. The van der Waals surface area contributed by atoms with E-state index in [1.165, 1.54) is 11.1 Å². The Kier molecular flexibility index (Phi) is 6.06. The van der Waals surface area contributed by atoms with Crippen LogP contribution in [0.2, 0.25) is 0 Å². The lowest BCUT2D eigenvalue weighted by Crippen LogP contribution is -2.47. The van der Waals surface area contributed by atoms with Crippen molar-refractivity contribution in [2.75, 3.05) is 19.3 Å². The first-order valence-electron chi connectivity index (χ1n) is 12.3. The lowest BCUT2D eigenvalue weighted by atomic mass is 9.62. The lowest BCUT2D eigenvalue weighted by Gasteiger charge is -2.45. The van der Waals surface area contributed by atoms with Gasteiger partial charge < -0.3 is 15.0 Å². The van der Waals surface area contributed by atoms with Crippen molar-refractivity contribution in [3.8, 4) is 11.3 Å². The molecule has 0 saturated heterocycles. The van der Waals surface area contributed by atoms with E-state index in [9.17, 15) is 18.3 Å². The summed E-state index contributed by atoms with van der Waals surface area (Å²) in [6, 6.07) is 8.46. The van der Waals surface area contributed by atoms with Gasteiger partial charge in [0.15, 0.2) is 0 Å². The number of carbonyl (C=O) groups excluding carboxylic acids is 1. The van der Waals surface area contributed by atoms with Gasteiger partial charge in [0.05, 0.1) is 36.6 Å². The number of benzene rings is 1. The van der Waals surface area contributed by atoms with Gasteiger partial charge in [0.25, 0.3) is 0 Å². The maximum atomic E-state index is 13.1. The summed E-state index contributed by atoms with van der Waals surface area (Å²) in [7, 11) is -3.26. The Morgan fingerprint density at radius 3 is 2.71 bits per heavy atom. The molecule has 1 aliphatic heterocycles. The summed E-state index contributed by atoms with van der Waals surface area (Å²) in [4.78, 5) is 17.4. The molecule has 0 spiro atoms. The molecule has 0 radical (unpaired) electrons. The molecule has 1 aromatic carbocycles. The summed E-state index contributed by atoms with van der Waals surface area (Å²) in [6.07, 6.45) is 11.0. The summed E-state index contributed by atoms with van der Waals surface area (Å²) in [5, 5.41) is 14.5. The van der Waals surface area contributed by atoms with E-state index in [4.69, 9.17) is 0 Å². The quantitative estimate of drug-likeness (QED) is 0.497. The largest absolute Gasteiger partial charge is 0.392 e. The highest BCUT2D eigenvalue weighted by atomic mass is 32.2. The van der Waals surface area contributed by atoms with Crippen LogP contribution in [0, 0.1) is 10.8 Å². The Morgan fingerprint density at radius 2 is 1.94 bits per heavy atom. The van der Waals surface area contributed by atoms with E-state index in [-0.39, 0.29) is 30.5 Å². The van der Waals surface area contributed by atoms with Crippen LogP contribution in [0.4, 0.5) is 0 Å². The van der Waals surface area contributed by atoms with Crippen LogP contribution >= 0.6 is 0 Å². The van der Waals surface area contributed by atoms with Crippen molar-refractivity contribution in [1.29, 1.82) is 0 Å². The zero-order valence-electron chi connectivity index (χ0n) is 19.7. The molecule has 2 unspecified atom stereocenters. The fourth-order valence-corrected chi connectivity index (χ4v) is 7.05. The SMILES string of the molecule is CS(=O)(=O)NCCNC(=O)C12CCCC(C(O)CC3c4ccccc4-c4cncn43)(CC1)CC2. The molecule has 3 fully saturated rings. The highest BCUT2D eigenvalue weighted by molar-refractivity contribution is 7.88. The van der Waals surface area contributed by atoms with Crippen molar-refractivity contribution < 1.29 is 18.3 Å². The topological polar surface area (TPSA) is 113 Å². The van der Waals surface area contributed by atoms with Gasteiger partial charge in [-0.25, -0.2) is 18.1 Å². The smallest absolute Gasteiger partial charge is 0.226 e. The number of sulfonamides is 1. The first kappa shape index (κ1) is 23.5.